The second-order valence-corrected chi connectivity index (χ2v) is 7.40. The molecule has 3 atom stereocenters. The molecule has 4 heteroatoms. The average Bonchev–Trinajstić information content (AvgIpc) is 2.72. The second kappa shape index (κ2) is 4.45. The van der Waals surface area contributed by atoms with Crippen molar-refractivity contribution in [2.75, 3.05) is 0 Å². The van der Waals surface area contributed by atoms with Gasteiger partial charge >= 0.3 is 0 Å². The summed E-state index contributed by atoms with van der Waals surface area (Å²) in [5, 5.41) is 3.66. The fourth-order valence-corrected chi connectivity index (χ4v) is 4.39. The highest BCUT2D eigenvalue weighted by atomic mass is 35.5. The number of fused-ring (bicyclic) bond motifs is 2. The van der Waals surface area contributed by atoms with Gasteiger partial charge in [-0.3, -0.25) is 9.78 Å². The van der Waals surface area contributed by atoms with E-state index in [0.29, 0.717) is 21.9 Å². The molecular weight excluding hydrogens is 272 g/mol. The second-order valence-electron chi connectivity index (χ2n) is 6.99. The first-order valence-corrected chi connectivity index (χ1v) is 7.64. The maximum absolute atomic E-state index is 12.4. The maximum Gasteiger partial charge on any atom is 0.254 e. The number of halogens is 1. The van der Waals surface area contributed by atoms with Crippen molar-refractivity contribution in [2.24, 2.45) is 16.7 Å². The molecule has 0 aromatic carbocycles. The molecule has 1 amide bonds. The van der Waals surface area contributed by atoms with Gasteiger partial charge in [0.1, 0.15) is 0 Å². The standard InChI is InChI=1S/C16H21ClN2O/c1-15(2)10-4-6-16(15,3)13(8-10)19-14(20)11-9-18-7-5-12(11)17/h5,7,9-10,13H,4,6,8H2,1-3H3,(H,19,20). The van der Waals surface area contributed by atoms with Gasteiger partial charge in [-0.1, -0.05) is 32.4 Å². The first-order chi connectivity index (χ1) is 9.36. The van der Waals surface area contributed by atoms with Gasteiger partial charge in [0.2, 0.25) is 0 Å². The summed E-state index contributed by atoms with van der Waals surface area (Å²) in [6.07, 6.45) is 6.69. The Morgan fingerprint density at radius 2 is 2.20 bits per heavy atom. The highest BCUT2D eigenvalue weighted by molar-refractivity contribution is 6.33. The summed E-state index contributed by atoms with van der Waals surface area (Å²) in [5.74, 6) is 0.611. The molecule has 2 aliphatic carbocycles. The monoisotopic (exact) mass is 292 g/mol. The molecule has 2 fully saturated rings. The van der Waals surface area contributed by atoms with Crippen molar-refractivity contribution >= 4 is 17.5 Å². The molecule has 108 valence electrons. The van der Waals surface area contributed by atoms with E-state index in [-0.39, 0.29) is 17.4 Å². The molecular formula is C16H21ClN2O. The van der Waals surface area contributed by atoms with Crippen molar-refractivity contribution in [2.45, 2.75) is 46.1 Å². The summed E-state index contributed by atoms with van der Waals surface area (Å²) in [7, 11) is 0. The summed E-state index contributed by atoms with van der Waals surface area (Å²) in [6, 6.07) is 1.89. The minimum Gasteiger partial charge on any atom is -0.349 e. The van der Waals surface area contributed by atoms with Crippen LogP contribution in [0.2, 0.25) is 5.02 Å². The summed E-state index contributed by atoms with van der Waals surface area (Å²) in [5.41, 5.74) is 0.949. The van der Waals surface area contributed by atoms with Crippen LogP contribution in [-0.4, -0.2) is 16.9 Å². The van der Waals surface area contributed by atoms with Gasteiger partial charge in [-0.05, 0) is 42.1 Å². The fraction of sp³-hybridized carbons (Fsp3) is 0.625. The van der Waals surface area contributed by atoms with Crippen molar-refractivity contribution in [3.05, 3.63) is 29.0 Å². The zero-order chi connectivity index (χ0) is 14.5. The van der Waals surface area contributed by atoms with Crippen LogP contribution in [0.4, 0.5) is 0 Å². The Balaban J connectivity index is 1.81. The SMILES string of the molecule is CC1(C)C2CCC1(C)C(NC(=O)c1cnccc1Cl)C2. The lowest BCUT2D eigenvalue weighted by Crippen LogP contribution is -2.46. The number of hydrogen-bond acceptors (Lipinski definition) is 2. The Labute approximate surface area is 125 Å². The van der Waals surface area contributed by atoms with Gasteiger partial charge < -0.3 is 5.32 Å². The van der Waals surface area contributed by atoms with Gasteiger partial charge in [-0.25, -0.2) is 0 Å². The molecule has 3 unspecified atom stereocenters. The van der Waals surface area contributed by atoms with Crippen molar-refractivity contribution < 1.29 is 4.79 Å². The smallest absolute Gasteiger partial charge is 0.254 e. The van der Waals surface area contributed by atoms with Crippen LogP contribution in [0.15, 0.2) is 18.5 Å². The van der Waals surface area contributed by atoms with Crippen molar-refractivity contribution in [3.63, 3.8) is 0 Å². The van der Waals surface area contributed by atoms with E-state index in [2.05, 4.69) is 31.1 Å². The average molecular weight is 293 g/mol. The number of pyridine rings is 1. The quantitative estimate of drug-likeness (QED) is 0.903. The maximum atomic E-state index is 12.4. The van der Waals surface area contributed by atoms with Crippen LogP contribution in [0.1, 0.15) is 50.4 Å². The molecule has 1 aromatic rings. The summed E-state index contributed by atoms with van der Waals surface area (Å²) >= 11 is 6.07. The van der Waals surface area contributed by atoms with Crippen LogP contribution in [0, 0.1) is 16.7 Å². The number of nitrogens with one attached hydrogen (secondary N) is 1. The van der Waals surface area contributed by atoms with Gasteiger partial charge in [-0.15, -0.1) is 0 Å². The third kappa shape index (κ3) is 1.79. The van der Waals surface area contributed by atoms with Crippen LogP contribution >= 0.6 is 11.6 Å². The van der Waals surface area contributed by atoms with Gasteiger partial charge in [-0.2, -0.15) is 0 Å². The van der Waals surface area contributed by atoms with Gasteiger partial charge in [0.15, 0.2) is 0 Å². The molecule has 1 N–H and O–H groups in total. The summed E-state index contributed by atoms with van der Waals surface area (Å²) < 4.78 is 0. The number of carbonyl (C=O) groups excluding carboxylic acids is 1. The van der Waals surface area contributed by atoms with Gasteiger partial charge in [0, 0.05) is 18.4 Å². The lowest BCUT2D eigenvalue weighted by Gasteiger charge is -2.39. The molecule has 0 radical (unpaired) electrons. The van der Waals surface area contributed by atoms with E-state index >= 15 is 0 Å². The van der Waals surface area contributed by atoms with E-state index in [0.717, 1.165) is 6.42 Å². The Hall–Kier alpha value is -1.09. The Morgan fingerprint density at radius 1 is 1.45 bits per heavy atom. The number of amides is 1. The summed E-state index contributed by atoms with van der Waals surface area (Å²) in [4.78, 5) is 16.4. The molecule has 1 heterocycles. The van der Waals surface area contributed by atoms with E-state index < -0.39 is 0 Å². The first-order valence-electron chi connectivity index (χ1n) is 7.26. The zero-order valence-electron chi connectivity index (χ0n) is 12.2. The van der Waals surface area contributed by atoms with Crippen LogP contribution in [-0.2, 0) is 0 Å². The predicted octanol–water partition coefficient (Wildman–Crippen LogP) is 3.68. The topological polar surface area (TPSA) is 42.0 Å². The van der Waals surface area contributed by atoms with E-state index in [1.165, 1.54) is 12.8 Å². The Kier molecular flexibility index (Phi) is 3.09. The number of carbonyl (C=O) groups is 1. The van der Waals surface area contributed by atoms with Crippen molar-refractivity contribution in [3.8, 4) is 0 Å². The normalized spacial score (nSPS) is 34.2. The molecule has 1 aromatic heterocycles. The Morgan fingerprint density at radius 3 is 2.75 bits per heavy atom. The molecule has 0 spiro atoms. The van der Waals surface area contributed by atoms with E-state index in [1.807, 2.05) is 0 Å². The van der Waals surface area contributed by atoms with E-state index in [4.69, 9.17) is 11.6 Å². The highest BCUT2D eigenvalue weighted by Gasteiger charge is 2.61. The largest absolute Gasteiger partial charge is 0.349 e. The van der Waals surface area contributed by atoms with Crippen LogP contribution in [0.25, 0.3) is 0 Å². The first kappa shape index (κ1) is 13.9. The van der Waals surface area contributed by atoms with E-state index in [9.17, 15) is 4.79 Å². The fourth-order valence-electron chi connectivity index (χ4n) is 4.20. The molecule has 0 saturated heterocycles. The molecule has 0 aliphatic heterocycles. The van der Waals surface area contributed by atoms with Gasteiger partial charge in [0.05, 0.1) is 10.6 Å². The third-order valence-corrected chi connectivity index (χ3v) is 6.44. The van der Waals surface area contributed by atoms with E-state index in [1.54, 1.807) is 18.5 Å². The molecule has 3 rings (SSSR count). The van der Waals surface area contributed by atoms with Crippen LogP contribution < -0.4 is 5.32 Å². The molecule has 2 saturated carbocycles. The zero-order valence-corrected chi connectivity index (χ0v) is 13.0. The number of aromatic nitrogens is 1. The minimum atomic E-state index is -0.0994. The highest BCUT2D eigenvalue weighted by Crippen LogP contribution is 2.65. The number of hydrogen-bond donors (Lipinski definition) is 1. The van der Waals surface area contributed by atoms with Crippen molar-refractivity contribution in [1.82, 2.24) is 10.3 Å². The molecule has 20 heavy (non-hydrogen) atoms. The predicted molar refractivity (Wildman–Crippen MR) is 79.7 cm³/mol. The lowest BCUT2D eigenvalue weighted by atomic mass is 9.69. The van der Waals surface area contributed by atoms with Crippen LogP contribution in [0.5, 0.6) is 0 Å². The summed E-state index contributed by atoms with van der Waals surface area (Å²) in [6.45, 7) is 7.00. The van der Waals surface area contributed by atoms with Gasteiger partial charge in [0.25, 0.3) is 5.91 Å². The number of rotatable bonds is 2. The number of nitrogens with zero attached hydrogens (tertiary/aromatic N) is 1. The molecule has 3 nitrogen and oxygen atoms in total. The van der Waals surface area contributed by atoms with Crippen LogP contribution in [0.3, 0.4) is 0 Å². The third-order valence-electron chi connectivity index (χ3n) is 6.11. The van der Waals surface area contributed by atoms with Crippen molar-refractivity contribution in [1.29, 1.82) is 0 Å². The lowest BCUT2D eigenvalue weighted by molar-refractivity contribution is 0.0826. The molecule has 2 bridgehead atoms. The minimum absolute atomic E-state index is 0.0994. The molecule has 2 aliphatic rings. The Bertz CT molecular complexity index is 557.